The first-order valence-electron chi connectivity index (χ1n) is 11.1. The predicted octanol–water partition coefficient (Wildman–Crippen LogP) is 7.19. The largest absolute Gasteiger partial charge is 0.494 e. The van der Waals surface area contributed by atoms with Crippen LogP contribution in [0.2, 0.25) is 0 Å². The Morgan fingerprint density at radius 1 is 0.944 bits per heavy atom. The van der Waals surface area contributed by atoms with Gasteiger partial charge in [0, 0.05) is 0 Å². The number of ether oxygens (including phenoxy) is 2. The van der Waals surface area contributed by atoms with Crippen molar-refractivity contribution in [3.05, 3.63) is 64.6 Å². The highest BCUT2D eigenvalue weighted by molar-refractivity contribution is 7.99. The van der Waals surface area contributed by atoms with Crippen LogP contribution < -0.4 is 9.47 Å². The van der Waals surface area contributed by atoms with Gasteiger partial charge in [0.05, 0.1) is 33.2 Å². The van der Waals surface area contributed by atoms with Crippen molar-refractivity contribution in [2.45, 2.75) is 62.8 Å². The van der Waals surface area contributed by atoms with Gasteiger partial charge in [0.1, 0.15) is 5.75 Å². The molecule has 0 saturated carbocycles. The van der Waals surface area contributed by atoms with E-state index in [4.69, 9.17) is 9.47 Å². The summed E-state index contributed by atoms with van der Waals surface area (Å²) in [4.78, 5) is 11.7. The third-order valence-electron chi connectivity index (χ3n) is 5.02. The predicted molar refractivity (Wildman–Crippen MR) is 124 cm³/mol. The van der Waals surface area contributed by atoms with Crippen molar-refractivity contribution in [1.82, 2.24) is 9.78 Å². The van der Waals surface area contributed by atoms with Gasteiger partial charge >= 0.3 is 5.97 Å². The summed E-state index contributed by atoms with van der Waals surface area (Å²) in [5, 5.41) is 4.29. The van der Waals surface area contributed by atoms with Crippen LogP contribution in [0.1, 0.15) is 56.6 Å². The summed E-state index contributed by atoms with van der Waals surface area (Å²) in [5.41, 5.74) is -0.433. The molecule has 0 atom stereocenters. The number of halogens is 5. The van der Waals surface area contributed by atoms with E-state index in [-0.39, 0.29) is 33.8 Å². The first kappa shape index (κ1) is 27.5. The quantitative estimate of drug-likeness (QED) is 0.102. The van der Waals surface area contributed by atoms with E-state index < -0.39 is 45.5 Å². The van der Waals surface area contributed by atoms with Crippen molar-refractivity contribution in [2.24, 2.45) is 0 Å². The lowest BCUT2D eigenvalue weighted by Gasteiger charge is -2.22. The minimum absolute atomic E-state index is 0.0685. The van der Waals surface area contributed by atoms with Gasteiger partial charge < -0.3 is 9.47 Å². The SMILES string of the molecule is CCCCOc1ccc(C(=O)Oc2c(Sc3c(F)c(F)c(F)c(F)c3F)c(C)nn2C(C)(C)C)cc1. The molecule has 1 aromatic heterocycles. The molecular weight excluding hydrogens is 503 g/mol. The van der Waals surface area contributed by atoms with E-state index in [1.807, 2.05) is 6.92 Å². The fourth-order valence-electron chi connectivity index (χ4n) is 3.10. The molecule has 0 aliphatic rings. The molecule has 36 heavy (non-hydrogen) atoms. The van der Waals surface area contributed by atoms with Crippen LogP contribution >= 0.6 is 11.8 Å². The van der Waals surface area contributed by atoms with E-state index in [1.165, 1.54) is 23.7 Å². The van der Waals surface area contributed by atoms with E-state index in [1.54, 1.807) is 32.9 Å². The molecule has 0 saturated heterocycles. The zero-order valence-electron chi connectivity index (χ0n) is 20.3. The molecular formula is C25H25F5N2O3S. The van der Waals surface area contributed by atoms with Gasteiger partial charge in [-0.1, -0.05) is 25.1 Å². The highest BCUT2D eigenvalue weighted by Crippen LogP contribution is 2.43. The Morgan fingerprint density at radius 2 is 1.50 bits per heavy atom. The number of hydrogen-bond acceptors (Lipinski definition) is 5. The third-order valence-corrected chi connectivity index (χ3v) is 6.26. The standard InChI is InChI=1S/C25H25F5N2O3S/c1-6-7-12-34-15-10-8-14(9-11-15)24(33)35-23-21(13(2)31-32(23)25(3,4)5)36-22-19(29)17(27)16(26)18(28)20(22)30/h8-11H,6-7,12H2,1-5H3. The summed E-state index contributed by atoms with van der Waals surface area (Å²) in [6.07, 6.45) is 1.85. The lowest BCUT2D eigenvalue weighted by molar-refractivity contribution is 0.0704. The molecule has 11 heteroatoms. The average Bonchev–Trinajstić information content (AvgIpc) is 3.15. The van der Waals surface area contributed by atoms with Crippen molar-refractivity contribution in [1.29, 1.82) is 0 Å². The maximum absolute atomic E-state index is 14.4. The van der Waals surface area contributed by atoms with Gasteiger partial charge in [0.2, 0.25) is 11.7 Å². The van der Waals surface area contributed by atoms with Gasteiger partial charge in [-0.3, -0.25) is 0 Å². The maximum Gasteiger partial charge on any atom is 0.344 e. The molecule has 0 aliphatic carbocycles. The molecule has 194 valence electrons. The average molecular weight is 529 g/mol. The second-order valence-electron chi connectivity index (χ2n) is 8.92. The number of carbonyl (C=O) groups is 1. The summed E-state index contributed by atoms with van der Waals surface area (Å²) < 4.78 is 82.3. The second kappa shape index (κ2) is 10.9. The Bertz CT molecular complexity index is 1240. The first-order chi connectivity index (χ1) is 16.9. The van der Waals surface area contributed by atoms with Gasteiger partial charge in [-0.05, 0) is 58.4 Å². The zero-order valence-corrected chi connectivity index (χ0v) is 21.2. The van der Waals surface area contributed by atoms with E-state index >= 15 is 0 Å². The van der Waals surface area contributed by atoms with Gasteiger partial charge in [0.25, 0.3) is 0 Å². The van der Waals surface area contributed by atoms with Crippen molar-refractivity contribution in [3.8, 4) is 11.6 Å². The third kappa shape index (κ3) is 5.66. The van der Waals surface area contributed by atoms with Crippen LogP contribution in [0.3, 0.4) is 0 Å². The molecule has 0 radical (unpaired) electrons. The second-order valence-corrected chi connectivity index (χ2v) is 9.94. The van der Waals surface area contributed by atoms with Crippen LogP contribution in [0.5, 0.6) is 11.6 Å². The summed E-state index contributed by atoms with van der Waals surface area (Å²) >= 11 is 0.242. The van der Waals surface area contributed by atoms with E-state index in [2.05, 4.69) is 5.10 Å². The van der Waals surface area contributed by atoms with Crippen molar-refractivity contribution in [3.63, 3.8) is 0 Å². The highest BCUT2D eigenvalue weighted by Gasteiger charge is 2.32. The molecule has 0 unspecified atom stereocenters. The number of rotatable bonds is 8. The Hall–Kier alpha value is -3.08. The van der Waals surface area contributed by atoms with E-state index in [0.717, 1.165) is 12.8 Å². The first-order valence-corrected chi connectivity index (χ1v) is 11.9. The van der Waals surface area contributed by atoms with E-state index in [9.17, 15) is 26.7 Å². The van der Waals surface area contributed by atoms with Gasteiger partial charge in [-0.25, -0.2) is 31.4 Å². The maximum atomic E-state index is 14.4. The van der Waals surface area contributed by atoms with Crippen LogP contribution in [-0.4, -0.2) is 22.4 Å². The molecule has 0 amide bonds. The lowest BCUT2D eigenvalue weighted by Crippen LogP contribution is -2.25. The highest BCUT2D eigenvalue weighted by atomic mass is 32.2. The van der Waals surface area contributed by atoms with Crippen molar-refractivity contribution in [2.75, 3.05) is 6.61 Å². The summed E-state index contributed by atoms with van der Waals surface area (Å²) in [6, 6.07) is 6.18. The van der Waals surface area contributed by atoms with Gasteiger partial charge in [-0.2, -0.15) is 5.10 Å². The number of esters is 1. The number of carbonyl (C=O) groups excluding carboxylic acids is 1. The molecule has 0 fully saturated rings. The monoisotopic (exact) mass is 528 g/mol. The van der Waals surface area contributed by atoms with Crippen molar-refractivity contribution >= 4 is 17.7 Å². The number of nitrogens with zero attached hydrogens (tertiary/aromatic N) is 2. The molecule has 5 nitrogen and oxygen atoms in total. The summed E-state index contributed by atoms with van der Waals surface area (Å²) in [6.45, 7) is 9.26. The Labute approximate surface area is 209 Å². The number of hydrogen-bond donors (Lipinski definition) is 0. The summed E-state index contributed by atoms with van der Waals surface area (Å²) in [5.74, 6) is -10.8. The molecule has 3 aromatic rings. The Kier molecular flexibility index (Phi) is 8.33. The Morgan fingerprint density at radius 3 is 2.03 bits per heavy atom. The fraction of sp³-hybridized carbons (Fsp3) is 0.360. The minimum atomic E-state index is -2.26. The Balaban J connectivity index is 1.99. The number of unbranched alkanes of at least 4 members (excludes halogenated alkanes) is 1. The number of aromatic nitrogens is 2. The van der Waals surface area contributed by atoms with Gasteiger partial charge in [-0.15, -0.1) is 0 Å². The smallest absolute Gasteiger partial charge is 0.344 e. The molecule has 2 aromatic carbocycles. The lowest BCUT2D eigenvalue weighted by atomic mass is 10.1. The molecule has 0 N–H and O–H groups in total. The van der Waals surface area contributed by atoms with E-state index in [0.29, 0.717) is 12.4 Å². The van der Waals surface area contributed by atoms with Crippen LogP contribution in [-0.2, 0) is 5.54 Å². The van der Waals surface area contributed by atoms with Crippen LogP contribution in [0.25, 0.3) is 0 Å². The number of aryl methyl sites for hydroxylation is 1. The molecule has 0 bridgehead atoms. The molecule has 0 spiro atoms. The van der Waals surface area contributed by atoms with Crippen LogP contribution in [0, 0.1) is 36.0 Å². The minimum Gasteiger partial charge on any atom is -0.494 e. The molecule has 0 aliphatic heterocycles. The zero-order chi connectivity index (χ0) is 26.8. The van der Waals surface area contributed by atoms with Crippen LogP contribution in [0.4, 0.5) is 22.0 Å². The summed E-state index contributed by atoms with van der Waals surface area (Å²) in [7, 11) is 0. The topological polar surface area (TPSA) is 53.4 Å². The number of benzene rings is 2. The fourth-order valence-corrected chi connectivity index (χ4v) is 4.06. The molecule has 3 rings (SSSR count). The van der Waals surface area contributed by atoms with Crippen LogP contribution in [0.15, 0.2) is 34.1 Å². The van der Waals surface area contributed by atoms with Crippen molar-refractivity contribution < 1.29 is 36.2 Å². The normalized spacial score (nSPS) is 11.6. The molecule has 1 heterocycles. The van der Waals surface area contributed by atoms with Gasteiger partial charge in [0.15, 0.2) is 23.3 Å².